The van der Waals surface area contributed by atoms with E-state index in [1.54, 1.807) is 36.1 Å². The second-order valence-corrected chi connectivity index (χ2v) is 8.48. The fraction of sp³-hybridized carbons (Fsp3) is 0.185. The Morgan fingerprint density at radius 3 is 2.46 bits per heavy atom. The van der Waals surface area contributed by atoms with Crippen LogP contribution in [0.1, 0.15) is 39.0 Å². The third-order valence-corrected chi connectivity index (χ3v) is 6.35. The molecule has 1 aliphatic heterocycles. The second kappa shape index (κ2) is 9.42. The minimum Gasteiger partial charge on any atom is -0.497 e. The van der Waals surface area contributed by atoms with Gasteiger partial charge in [0.2, 0.25) is 5.91 Å². The quantitative estimate of drug-likeness (QED) is 0.465. The van der Waals surface area contributed by atoms with Crippen molar-refractivity contribution in [1.82, 2.24) is 19.7 Å². The molecule has 35 heavy (non-hydrogen) atoms. The Labute approximate surface area is 203 Å². The van der Waals surface area contributed by atoms with Gasteiger partial charge in [-0.1, -0.05) is 42.5 Å². The highest BCUT2D eigenvalue weighted by Gasteiger charge is 2.42. The molecule has 1 aromatic heterocycles. The first-order chi connectivity index (χ1) is 17.0. The van der Waals surface area contributed by atoms with Gasteiger partial charge < -0.3 is 15.0 Å². The van der Waals surface area contributed by atoms with Crippen LogP contribution in [0.4, 0.5) is 5.69 Å². The fourth-order valence-corrected chi connectivity index (χ4v) is 4.59. The van der Waals surface area contributed by atoms with Crippen molar-refractivity contribution in [2.45, 2.75) is 18.5 Å². The molecular weight excluding hydrogens is 442 g/mol. The van der Waals surface area contributed by atoms with Gasteiger partial charge in [-0.3, -0.25) is 9.59 Å². The van der Waals surface area contributed by atoms with E-state index in [2.05, 4.69) is 15.4 Å². The highest BCUT2D eigenvalue weighted by Crippen LogP contribution is 2.42. The molecule has 0 fully saturated rings. The number of ether oxygens (including phenoxy) is 1. The predicted molar refractivity (Wildman–Crippen MR) is 131 cm³/mol. The van der Waals surface area contributed by atoms with E-state index in [1.807, 2.05) is 66.7 Å². The van der Waals surface area contributed by atoms with Crippen molar-refractivity contribution >= 4 is 17.5 Å². The first-order valence-electron chi connectivity index (χ1n) is 11.3. The highest BCUT2D eigenvalue weighted by atomic mass is 16.5. The number of carbonyl (C=O) groups excluding carboxylic acids is 2. The molecular formula is C27H25N5O3. The molecule has 0 saturated carbocycles. The second-order valence-electron chi connectivity index (χ2n) is 8.48. The minimum atomic E-state index is -0.586. The van der Waals surface area contributed by atoms with Gasteiger partial charge in [-0.25, -0.2) is 9.67 Å². The zero-order valence-corrected chi connectivity index (χ0v) is 19.5. The lowest BCUT2D eigenvalue weighted by Gasteiger charge is -2.39. The highest BCUT2D eigenvalue weighted by molar-refractivity contribution is 6.04. The van der Waals surface area contributed by atoms with Gasteiger partial charge in [0.1, 0.15) is 18.4 Å². The van der Waals surface area contributed by atoms with Crippen LogP contribution in [0.25, 0.3) is 0 Å². The normalized spacial score (nSPS) is 17.1. The van der Waals surface area contributed by atoms with Crippen LogP contribution in [-0.4, -0.2) is 45.6 Å². The third-order valence-electron chi connectivity index (χ3n) is 6.35. The van der Waals surface area contributed by atoms with Crippen LogP contribution < -0.4 is 10.1 Å². The standard InChI is InChI=1S/C27H25N5O3/c1-31-25(19-9-13-21(35-2)14-10-19)24(22-5-3-4-6-23(22)27(31)34)26(33)30-20-11-7-18(8-12-20)15-32-17-28-16-29-32/h3-14,16-17,24-25H,15H2,1-2H3,(H,30,33)/t24-,25-/m0/s1. The summed E-state index contributed by atoms with van der Waals surface area (Å²) in [5, 5.41) is 7.18. The van der Waals surface area contributed by atoms with Gasteiger partial charge in [-0.15, -0.1) is 0 Å². The zero-order valence-electron chi connectivity index (χ0n) is 19.5. The molecule has 0 aliphatic carbocycles. The first-order valence-corrected chi connectivity index (χ1v) is 11.3. The lowest BCUT2D eigenvalue weighted by Crippen LogP contribution is -2.44. The van der Waals surface area contributed by atoms with Crippen LogP contribution in [0.3, 0.4) is 0 Å². The number of methoxy groups -OCH3 is 1. The van der Waals surface area contributed by atoms with E-state index < -0.39 is 12.0 Å². The van der Waals surface area contributed by atoms with Crippen LogP contribution in [0, 0.1) is 0 Å². The molecule has 2 heterocycles. The molecule has 8 nitrogen and oxygen atoms in total. The summed E-state index contributed by atoms with van der Waals surface area (Å²) in [6, 6.07) is 22.0. The Balaban J connectivity index is 1.46. The predicted octanol–water partition coefficient (Wildman–Crippen LogP) is 3.88. The number of nitrogens with one attached hydrogen (secondary N) is 1. The van der Waals surface area contributed by atoms with Gasteiger partial charge >= 0.3 is 0 Å². The van der Waals surface area contributed by atoms with E-state index in [-0.39, 0.29) is 11.8 Å². The number of nitrogens with zero attached hydrogens (tertiary/aromatic N) is 4. The van der Waals surface area contributed by atoms with Crippen LogP contribution in [-0.2, 0) is 11.3 Å². The maximum Gasteiger partial charge on any atom is 0.254 e. The van der Waals surface area contributed by atoms with Crippen LogP contribution in [0.5, 0.6) is 5.75 Å². The van der Waals surface area contributed by atoms with Gasteiger partial charge in [0, 0.05) is 18.3 Å². The number of carbonyl (C=O) groups is 2. The van der Waals surface area contributed by atoms with Crippen molar-refractivity contribution < 1.29 is 14.3 Å². The summed E-state index contributed by atoms with van der Waals surface area (Å²) in [5.74, 6) is -0.160. The summed E-state index contributed by atoms with van der Waals surface area (Å²) in [4.78, 5) is 32.5. The smallest absolute Gasteiger partial charge is 0.254 e. The van der Waals surface area contributed by atoms with Crippen molar-refractivity contribution in [2.75, 3.05) is 19.5 Å². The minimum absolute atomic E-state index is 0.108. The zero-order chi connectivity index (χ0) is 24.4. The number of hydrogen-bond donors (Lipinski definition) is 1. The van der Waals surface area contributed by atoms with E-state index in [9.17, 15) is 9.59 Å². The van der Waals surface area contributed by atoms with E-state index in [1.165, 1.54) is 6.33 Å². The van der Waals surface area contributed by atoms with Gasteiger partial charge in [-0.05, 0) is 47.0 Å². The SMILES string of the molecule is COc1ccc([C@H]2[C@@H](C(=O)Nc3ccc(Cn4cncn4)cc3)c3ccccc3C(=O)N2C)cc1. The number of hydrogen-bond acceptors (Lipinski definition) is 5. The molecule has 1 N–H and O–H groups in total. The first kappa shape index (κ1) is 22.3. The Morgan fingerprint density at radius 2 is 1.77 bits per heavy atom. The lowest BCUT2D eigenvalue weighted by molar-refractivity contribution is -0.119. The topological polar surface area (TPSA) is 89.3 Å². The molecule has 2 atom stereocenters. The Kier molecular flexibility index (Phi) is 6.01. The molecule has 2 amide bonds. The summed E-state index contributed by atoms with van der Waals surface area (Å²) >= 11 is 0. The molecule has 0 bridgehead atoms. The van der Waals surface area contributed by atoms with Crippen molar-refractivity contribution in [3.8, 4) is 5.75 Å². The molecule has 0 saturated heterocycles. The molecule has 0 spiro atoms. The van der Waals surface area contributed by atoms with Gasteiger partial charge in [-0.2, -0.15) is 5.10 Å². The van der Waals surface area contributed by atoms with Crippen LogP contribution >= 0.6 is 0 Å². The molecule has 0 radical (unpaired) electrons. The molecule has 3 aromatic carbocycles. The van der Waals surface area contributed by atoms with E-state index in [0.29, 0.717) is 23.5 Å². The molecule has 5 rings (SSSR count). The van der Waals surface area contributed by atoms with Crippen molar-refractivity contribution in [1.29, 1.82) is 0 Å². The number of rotatable bonds is 6. The maximum absolute atomic E-state index is 13.7. The number of likely N-dealkylation sites (N-methyl/N-ethyl adjacent to an activating group) is 1. The monoisotopic (exact) mass is 467 g/mol. The van der Waals surface area contributed by atoms with Gasteiger partial charge in [0.15, 0.2) is 0 Å². The maximum atomic E-state index is 13.7. The van der Waals surface area contributed by atoms with Crippen molar-refractivity contribution in [2.24, 2.45) is 0 Å². The van der Waals surface area contributed by atoms with Crippen molar-refractivity contribution in [3.63, 3.8) is 0 Å². The average molecular weight is 468 g/mol. The Morgan fingerprint density at radius 1 is 1.03 bits per heavy atom. The number of benzene rings is 3. The lowest BCUT2D eigenvalue weighted by atomic mass is 9.79. The van der Waals surface area contributed by atoms with E-state index in [4.69, 9.17) is 4.74 Å². The van der Waals surface area contributed by atoms with E-state index in [0.717, 1.165) is 16.7 Å². The summed E-state index contributed by atoms with van der Waals surface area (Å²) in [6.45, 7) is 0.594. The summed E-state index contributed by atoms with van der Waals surface area (Å²) < 4.78 is 7.02. The molecule has 1 aliphatic rings. The Hall–Kier alpha value is -4.46. The number of aromatic nitrogens is 3. The Bertz CT molecular complexity index is 1330. The summed E-state index contributed by atoms with van der Waals surface area (Å²) in [5.41, 5.74) is 3.85. The number of anilines is 1. The average Bonchev–Trinajstić information content (AvgIpc) is 3.40. The summed E-state index contributed by atoms with van der Waals surface area (Å²) in [7, 11) is 3.35. The fourth-order valence-electron chi connectivity index (χ4n) is 4.59. The molecule has 4 aromatic rings. The number of amides is 2. The van der Waals surface area contributed by atoms with Gasteiger partial charge in [0.25, 0.3) is 5.91 Å². The van der Waals surface area contributed by atoms with Crippen LogP contribution in [0.15, 0.2) is 85.5 Å². The van der Waals surface area contributed by atoms with Crippen molar-refractivity contribution in [3.05, 3.63) is 108 Å². The van der Waals surface area contributed by atoms with Gasteiger partial charge in [0.05, 0.1) is 25.6 Å². The van der Waals surface area contributed by atoms with E-state index >= 15 is 0 Å². The number of fused-ring (bicyclic) bond motifs is 1. The molecule has 8 heteroatoms. The molecule has 0 unspecified atom stereocenters. The molecule has 176 valence electrons. The summed E-state index contributed by atoms with van der Waals surface area (Å²) in [6.07, 6.45) is 3.16. The largest absolute Gasteiger partial charge is 0.497 e. The third kappa shape index (κ3) is 4.38. The van der Waals surface area contributed by atoms with Crippen LogP contribution in [0.2, 0.25) is 0 Å².